The number of benzene rings is 2. The predicted molar refractivity (Wildman–Crippen MR) is 155 cm³/mol. The molecule has 1 aliphatic heterocycles. The van der Waals surface area contributed by atoms with Crippen LogP contribution in [0.25, 0.3) is 16.6 Å². The third-order valence-corrected chi connectivity index (χ3v) is 7.32. The fraction of sp³-hybridized carbons (Fsp3) is 0.344. The van der Waals surface area contributed by atoms with E-state index in [0.717, 1.165) is 22.5 Å². The number of carbonyl (C=O) groups excluding carboxylic acids is 2. The lowest BCUT2D eigenvalue weighted by Crippen LogP contribution is -2.51. The molecule has 0 bridgehead atoms. The lowest BCUT2D eigenvalue weighted by atomic mass is 9.99. The Bertz CT molecular complexity index is 1590. The highest BCUT2D eigenvalue weighted by atomic mass is 19.1. The average Bonchev–Trinajstić information content (AvgIpc) is 3.27. The maximum absolute atomic E-state index is 14.6. The highest BCUT2D eigenvalue weighted by Gasteiger charge is 2.32. The number of aromatic nitrogens is 2. The van der Waals surface area contributed by atoms with Crippen molar-refractivity contribution in [2.24, 2.45) is 0 Å². The molecule has 8 nitrogen and oxygen atoms in total. The van der Waals surface area contributed by atoms with Crippen LogP contribution in [-0.2, 0) is 11.2 Å². The molecule has 0 N–H and O–H groups in total. The van der Waals surface area contributed by atoms with Crippen LogP contribution in [0, 0.1) is 12.7 Å². The Hall–Kier alpha value is -4.40. The fourth-order valence-electron chi connectivity index (χ4n) is 5.21. The molecule has 1 saturated heterocycles. The molecule has 9 heteroatoms. The molecular weight excluding hydrogens is 523 g/mol. The minimum absolute atomic E-state index is 0.161. The number of piperazine rings is 1. The second-order valence-corrected chi connectivity index (χ2v) is 11.2. The predicted octanol–water partition coefficient (Wildman–Crippen LogP) is 5.77. The lowest BCUT2D eigenvalue weighted by Gasteiger charge is -2.35. The van der Waals surface area contributed by atoms with Crippen LogP contribution in [0.1, 0.15) is 48.0 Å². The first-order valence-corrected chi connectivity index (χ1v) is 13.7. The summed E-state index contributed by atoms with van der Waals surface area (Å²) in [4.78, 5) is 34.8. The summed E-state index contributed by atoms with van der Waals surface area (Å²) in [5, 5.41) is 0.698. The van der Waals surface area contributed by atoms with E-state index in [9.17, 15) is 14.0 Å². The molecule has 0 atom stereocenters. The highest BCUT2D eigenvalue weighted by Crippen LogP contribution is 2.34. The van der Waals surface area contributed by atoms with Gasteiger partial charge in [-0.05, 0) is 57.0 Å². The maximum Gasteiger partial charge on any atom is 0.410 e. The van der Waals surface area contributed by atoms with Crippen LogP contribution in [0.4, 0.5) is 9.18 Å². The van der Waals surface area contributed by atoms with E-state index in [1.54, 1.807) is 35.1 Å². The lowest BCUT2D eigenvalue weighted by molar-refractivity contribution is 0.0141. The van der Waals surface area contributed by atoms with E-state index < -0.39 is 5.60 Å². The van der Waals surface area contributed by atoms with Crippen molar-refractivity contribution in [3.05, 3.63) is 89.0 Å². The zero-order valence-corrected chi connectivity index (χ0v) is 24.1. The molecule has 5 rings (SSSR count). The average molecular weight is 559 g/mol. The van der Waals surface area contributed by atoms with Crippen molar-refractivity contribution in [1.82, 2.24) is 19.4 Å². The number of pyridine rings is 1. The van der Waals surface area contributed by atoms with Gasteiger partial charge in [-0.1, -0.05) is 30.3 Å². The molecule has 0 unspecified atom stereocenters. The van der Waals surface area contributed by atoms with Crippen molar-refractivity contribution in [1.29, 1.82) is 0 Å². The van der Waals surface area contributed by atoms with Gasteiger partial charge >= 0.3 is 6.09 Å². The number of hydrogen-bond acceptors (Lipinski definition) is 5. The summed E-state index contributed by atoms with van der Waals surface area (Å²) in [6.45, 7) is 8.69. The molecule has 214 valence electrons. The Labute approximate surface area is 239 Å². The first-order valence-electron chi connectivity index (χ1n) is 13.7. The minimum atomic E-state index is -0.597. The van der Waals surface area contributed by atoms with Crippen molar-refractivity contribution in [2.45, 2.75) is 39.7 Å². The van der Waals surface area contributed by atoms with E-state index in [0.29, 0.717) is 55.0 Å². The monoisotopic (exact) mass is 558 g/mol. The number of para-hydroxylation sites is 1. The maximum atomic E-state index is 14.6. The number of methoxy groups -OCH3 is 1. The smallest absolute Gasteiger partial charge is 0.410 e. The summed E-state index contributed by atoms with van der Waals surface area (Å²) in [6.07, 6.45) is 1.65. The molecule has 0 aliphatic carbocycles. The van der Waals surface area contributed by atoms with Crippen molar-refractivity contribution < 1.29 is 23.5 Å². The number of halogens is 1. The highest BCUT2D eigenvalue weighted by molar-refractivity contribution is 6.09. The summed E-state index contributed by atoms with van der Waals surface area (Å²) in [6, 6.07) is 16.5. The molecule has 4 aromatic rings. The molecule has 41 heavy (non-hydrogen) atoms. The number of hydrogen-bond donors (Lipinski definition) is 0. The van der Waals surface area contributed by atoms with Gasteiger partial charge in [0.05, 0.1) is 24.4 Å². The van der Waals surface area contributed by atoms with E-state index in [1.165, 1.54) is 13.2 Å². The molecule has 1 aliphatic rings. The van der Waals surface area contributed by atoms with Gasteiger partial charge in [0.25, 0.3) is 5.91 Å². The van der Waals surface area contributed by atoms with Gasteiger partial charge in [-0.2, -0.15) is 0 Å². The summed E-state index contributed by atoms with van der Waals surface area (Å²) in [7, 11) is 1.54. The summed E-state index contributed by atoms with van der Waals surface area (Å²) in [5.74, 6) is -0.0647. The second kappa shape index (κ2) is 11.2. The van der Waals surface area contributed by atoms with Crippen LogP contribution in [0.5, 0.6) is 5.88 Å². The van der Waals surface area contributed by atoms with Crippen LogP contribution in [0.3, 0.4) is 0 Å². The SMILES string of the molecule is COc1cc2c(C(=O)N3CCN(C(=O)OC(C)(C)C)CC3)c(Cc3cccc(F)c3C)n(-c3ccccc3)c2cn1. The standard InChI is InChI=1S/C32H35FN4O4/c1-21-22(10-9-13-25(21)33)18-26-29(30(38)35-14-16-36(17-15-35)31(39)41-32(2,3)4)24-19-28(40-5)34-20-27(24)37(26)23-11-7-6-8-12-23/h6-13,19-20H,14-18H2,1-5H3. The van der Waals surface area contributed by atoms with Gasteiger partial charge < -0.3 is 23.8 Å². The molecule has 2 amide bonds. The quantitative estimate of drug-likeness (QED) is 0.311. The summed E-state index contributed by atoms with van der Waals surface area (Å²) < 4.78 is 27.6. The minimum Gasteiger partial charge on any atom is -0.481 e. The number of nitrogens with zero attached hydrogens (tertiary/aromatic N) is 4. The molecule has 0 radical (unpaired) electrons. The molecule has 2 aromatic carbocycles. The summed E-state index contributed by atoms with van der Waals surface area (Å²) >= 11 is 0. The van der Waals surface area contributed by atoms with Crippen molar-refractivity contribution in [2.75, 3.05) is 33.3 Å². The van der Waals surface area contributed by atoms with Gasteiger partial charge in [0, 0.05) is 55.4 Å². The van der Waals surface area contributed by atoms with E-state index in [2.05, 4.69) is 4.98 Å². The van der Waals surface area contributed by atoms with E-state index in [1.807, 2.05) is 61.7 Å². The van der Waals surface area contributed by atoms with Crippen LogP contribution in [-0.4, -0.2) is 70.2 Å². The van der Waals surface area contributed by atoms with Gasteiger partial charge in [-0.25, -0.2) is 14.2 Å². The van der Waals surface area contributed by atoms with Crippen LogP contribution in [0.2, 0.25) is 0 Å². The molecule has 2 aromatic heterocycles. The van der Waals surface area contributed by atoms with Crippen LogP contribution in [0.15, 0.2) is 60.8 Å². The normalized spacial score (nSPS) is 13.9. The molecule has 0 saturated carbocycles. The van der Waals surface area contributed by atoms with Crippen LogP contribution >= 0.6 is 0 Å². The first kappa shape index (κ1) is 28.1. The molecular formula is C32H35FN4O4. The number of rotatable bonds is 5. The Kier molecular flexibility index (Phi) is 7.71. The number of carbonyl (C=O) groups is 2. The Morgan fingerprint density at radius 1 is 0.976 bits per heavy atom. The first-order chi connectivity index (χ1) is 19.6. The largest absolute Gasteiger partial charge is 0.481 e. The van der Waals surface area contributed by atoms with E-state index >= 15 is 0 Å². The zero-order valence-electron chi connectivity index (χ0n) is 24.1. The van der Waals surface area contributed by atoms with Crippen molar-refractivity contribution >= 4 is 22.9 Å². The Morgan fingerprint density at radius 3 is 2.32 bits per heavy atom. The Morgan fingerprint density at radius 2 is 1.66 bits per heavy atom. The fourth-order valence-corrected chi connectivity index (χ4v) is 5.21. The van der Waals surface area contributed by atoms with Crippen LogP contribution < -0.4 is 4.74 Å². The molecule has 1 fully saturated rings. The van der Waals surface area contributed by atoms with Crippen molar-refractivity contribution in [3.63, 3.8) is 0 Å². The van der Waals surface area contributed by atoms with Gasteiger partial charge in [0.1, 0.15) is 11.4 Å². The zero-order chi connectivity index (χ0) is 29.3. The number of fused-ring (bicyclic) bond motifs is 1. The third-order valence-electron chi connectivity index (χ3n) is 7.32. The second-order valence-electron chi connectivity index (χ2n) is 11.2. The Balaban J connectivity index is 1.61. The van der Waals surface area contributed by atoms with Gasteiger partial charge in [-0.3, -0.25) is 4.79 Å². The molecule has 3 heterocycles. The third kappa shape index (κ3) is 5.75. The van der Waals surface area contributed by atoms with Gasteiger partial charge in [-0.15, -0.1) is 0 Å². The topological polar surface area (TPSA) is 76.9 Å². The van der Waals surface area contributed by atoms with E-state index in [-0.39, 0.29) is 17.8 Å². The number of amides is 2. The van der Waals surface area contributed by atoms with E-state index in [4.69, 9.17) is 9.47 Å². The van der Waals surface area contributed by atoms with Crippen molar-refractivity contribution in [3.8, 4) is 11.6 Å². The van der Waals surface area contributed by atoms with Gasteiger partial charge in [0.2, 0.25) is 5.88 Å². The van der Waals surface area contributed by atoms with Gasteiger partial charge in [0.15, 0.2) is 0 Å². The summed E-state index contributed by atoms with van der Waals surface area (Å²) in [5.41, 5.74) is 3.58. The molecule has 0 spiro atoms. The number of ether oxygens (including phenoxy) is 2.